The smallest absolute Gasteiger partial charge is 0.234 e. The summed E-state index contributed by atoms with van der Waals surface area (Å²) >= 11 is 0. The fraction of sp³-hybridized carbons (Fsp3) is 0.667. The van der Waals surface area contributed by atoms with E-state index in [1.54, 1.807) is 6.92 Å². The number of ketones is 1. The molecule has 0 radical (unpaired) electrons. The van der Waals surface area contributed by atoms with Crippen molar-refractivity contribution in [2.75, 3.05) is 20.6 Å². The van der Waals surface area contributed by atoms with Crippen molar-refractivity contribution in [3.63, 3.8) is 0 Å². The molecule has 1 heterocycles. The van der Waals surface area contributed by atoms with Crippen LogP contribution < -0.4 is 0 Å². The molecule has 3 unspecified atom stereocenters. The van der Waals surface area contributed by atoms with Gasteiger partial charge in [0.2, 0.25) is 11.8 Å². The molecule has 2 aliphatic rings. The Labute approximate surface area is 119 Å². The van der Waals surface area contributed by atoms with Crippen LogP contribution in [0.4, 0.5) is 0 Å². The summed E-state index contributed by atoms with van der Waals surface area (Å²) in [5, 5.41) is 0. The molecule has 2 rings (SSSR count). The van der Waals surface area contributed by atoms with Crippen molar-refractivity contribution in [3.8, 4) is 0 Å². The molecule has 3 atom stereocenters. The highest BCUT2D eigenvalue weighted by Crippen LogP contribution is 2.36. The summed E-state index contributed by atoms with van der Waals surface area (Å²) in [6, 6.07) is -0.638. The van der Waals surface area contributed by atoms with Crippen molar-refractivity contribution in [1.29, 1.82) is 0 Å². The largest absolute Gasteiger partial charge is 0.309 e. The highest BCUT2D eigenvalue weighted by molar-refractivity contribution is 6.08. The molecule has 2 amide bonds. The third-order valence-electron chi connectivity index (χ3n) is 4.20. The van der Waals surface area contributed by atoms with E-state index in [2.05, 4.69) is 0 Å². The van der Waals surface area contributed by atoms with Crippen LogP contribution in [0, 0.1) is 11.8 Å². The molecule has 0 saturated carbocycles. The van der Waals surface area contributed by atoms with Gasteiger partial charge in [0.05, 0.1) is 17.9 Å². The monoisotopic (exact) mass is 278 g/mol. The highest BCUT2D eigenvalue weighted by atomic mass is 16.2. The number of fused-ring (bicyclic) bond motifs is 1. The molecule has 0 bridgehead atoms. The van der Waals surface area contributed by atoms with Gasteiger partial charge in [0.15, 0.2) is 5.78 Å². The summed E-state index contributed by atoms with van der Waals surface area (Å²) in [5.41, 5.74) is 0. The van der Waals surface area contributed by atoms with E-state index in [9.17, 15) is 14.4 Å². The van der Waals surface area contributed by atoms with E-state index in [0.29, 0.717) is 25.8 Å². The molecule has 1 saturated heterocycles. The van der Waals surface area contributed by atoms with Gasteiger partial charge >= 0.3 is 0 Å². The standard InChI is InChI=1S/C15H22N2O3/c1-10(13(18)8-9-16(2)3)17-14(19)11-6-4-5-7-12(11)15(17)20/h4-5,10-12H,6-9H2,1-3H3. The average molecular weight is 278 g/mol. The van der Waals surface area contributed by atoms with Gasteiger partial charge in [-0.15, -0.1) is 0 Å². The number of rotatable bonds is 5. The number of imide groups is 1. The van der Waals surface area contributed by atoms with Crippen molar-refractivity contribution in [2.45, 2.75) is 32.2 Å². The normalized spacial score (nSPS) is 27.1. The number of hydrogen-bond donors (Lipinski definition) is 0. The van der Waals surface area contributed by atoms with E-state index in [-0.39, 0.29) is 29.4 Å². The fourth-order valence-electron chi connectivity index (χ4n) is 2.89. The Balaban J connectivity index is 2.07. The van der Waals surface area contributed by atoms with Gasteiger partial charge < -0.3 is 4.90 Å². The molecule has 5 nitrogen and oxygen atoms in total. The highest BCUT2D eigenvalue weighted by Gasteiger charge is 2.49. The Kier molecular flexibility index (Phi) is 4.38. The van der Waals surface area contributed by atoms with Crippen LogP contribution in [0.15, 0.2) is 12.2 Å². The first-order valence-electron chi connectivity index (χ1n) is 7.13. The van der Waals surface area contributed by atoms with Crippen LogP contribution in [0.2, 0.25) is 0 Å². The Morgan fingerprint density at radius 2 is 1.75 bits per heavy atom. The number of nitrogens with zero attached hydrogens (tertiary/aromatic N) is 2. The summed E-state index contributed by atoms with van der Waals surface area (Å²) in [6.45, 7) is 2.30. The zero-order valence-corrected chi connectivity index (χ0v) is 12.3. The minimum Gasteiger partial charge on any atom is -0.309 e. The van der Waals surface area contributed by atoms with Gasteiger partial charge in [-0.2, -0.15) is 0 Å². The second kappa shape index (κ2) is 5.87. The van der Waals surface area contributed by atoms with Gasteiger partial charge in [-0.05, 0) is 33.9 Å². The lowest BCUT2D eigenvalue weighted by molar-refractivity contribution is -0.146. The lowest BCUT2D eigenvalue weighted by Crippen LogP contribution is -2.44. The Hall–Kier alpha value is -1.49. The van der Waals surface area contributed by atoms with Crippen molar-refractivity contribution in [1.82, 2.24) is 9.80 Å². The van der Waals surface area contributed by atoms with Crippen LogP contribution >= 0.6 is 0 Å². The quantitative estimate of drug-likeness (QED) is 0.552. The molecule has 110 valence electrons. The van der Waals surface area contributed by atoms with E-state index in [0.717, 1.165) is 0 Å². The van der Waals surface area contributed by atoms with Gasteiger partial charge in [-0.1, -0.05) is 12.2 Å². The molecule has 0 aromatic carbocycles. The number of likely N-dealkylation sites (tertiary alicyclic amines) is 1. The second-order valence-electron chi connectivity index (χ2n) is 5.90. The predicted molar refractivity (Wildman–Crippen MR) is 74.8 cm³/mol. The van der Waals surface area contributed by atoms with E-state index >= 15 is 0 Å². The first kappa shape index (κ1) is 14.9. The molecule has 0 N–H and O–H groups in total. The molecular weight excluding hydrogens is 256 g/mol. The summed E-state index contributed by atoms with van der Waals surface area (Å²) < 4.78 is 0. The van der Waals surface area contributed by atoms with Crippen LogP contribution in [0.1, 0.15) is 26.2 Å². The van der Waals surface area contributed by atoms with Gasteiger partial charge in [0.25, 0.3) is 0 Å². The van der Waals surface area contributed by atoms with Crippen molar-refractivity contribution < 1.29 is 14.4 Å². The molecule has 1 aliphatic heterocycles. The fourth-order valence-corrected chi connectivity index (χ4v) is 2.89. The summed E-state index contributed by atoms with van der Waals surface area (Å²) in [7, 11) is 3.79. The summed E-state index contributed by atoms with van der Waals surface area (Å²) in [5.74, 6) is -0.898. The minimum atomic E-state index is -0.638. The molecule has 0 aromatic rings. The summed E-state index contributed by atoms with van der Waals surface area (Å²) in [6.07, 6.45) is 5.50. The van der Waals surface area contributed by atoms with Crippen LogP contribution in [-0.4, -0.2) is 54.1 Å². The van der Waals surface area contributed by atoms with Gasteiger partial charge in [-0.3, -0.25) is 19.3 Å². The zero-order chi connectivity index (χ0) is 14.9. The SMILES string of the molecule is CC(C(=O)CCN(C)C)N1C(=O)C2CC=CCC2C1=O. The van der Waals surface area contributed by atoms with Gasteiger partial charge in [-0.25, -0.2) is 0 Å². The maximum absolute atomic E-state index is 12.3. The number of amides is 2. The first-order chi connectivity index (χ1) is 9.43. The van der Waals surface area contributed by atoms with E-state index in [4.69, 9.17) is 0 Å². The maximum atomic E-state index is 12.3. The predicted octanol–water partition coefficient (Wildman–Crippen LogP) is 0.847. The topological polar surface area (TPSA) is 57.7 Å². The van der Waals surface area contributed by atoms with Crippen LogP contribution in [-0.2, 0) is 14.4 Å². The Bertz CT molecular complexity index is 430. The third kappa shape index (κ3) is 2.68. The Morgan fingerprint density at radius 3 is 2.20 bits per heavy atom. The summed E-state index contributed by atoms with van der Waals surface area (Å²) in [4.78, 5) is 40.0. The third-order valence-corrected chi connectivity index (χ3v) is 4.20. The molecular formula is C15H22N2O3. The average Bonchev–Trinajstić information content (AvgIpc) is 2.68. The second-order valence-corrected chi connectivity index (χ2v) is 5.90. The number of hydrogen-bond acceptors (Lipinski definition) is 4. The van der Waals surface area contributed by atoms with Crippen molar-refractivity contribution in [2.24, 2.45) is 11.8 Å². The first-order valence-corrected chi connectivity index (χ1v) is 7.13. The molecule has 0 aromatic heterocycles. The van der Waals surface area contributed by atoms with Crippen LogP contribution in [0.5, 0.6) is 0 Å². The van der Waals surface area contributed by atoms with Crippen molar-refractivity contribution >= 4 is 17.6 Å². The lowest BCUT2D eigenvalue weighted by atomic mass is 9.85. The maximum Gasteiger partial charge on any atom is 0.234 e. The molecule has 1 aliphatic carbocycles. The Morgan fingerprint density at radius 1 is 1.25 bits per heavy atom. The van der Waals surface area contributed by atoms with Gasteiger partial charge in [0.1, 0.15) is 0 Å². The van der Waals surface area contributed by atoms with E-state index < -0.39 is 6.04 Å². The van der Waals surface area contributed by atoms with Crippen LogP contribution in [0.25, 0.3) is 0 Å². The lowest BCUT2D eigenvalue weighted by Gasteiger charge is -2.22. The number of allylic oxidation sites excluding steroid dienone is 2. The molecule has 5 heteroatoms. The molecule has 1 fully saturated rings. The number of carbonyl (C=O) groups is 3. The van der Waals surface area contributed by atoms with Crippen molar-refractivity contribution in [3.05, 3.63) is 12.2 Å². The van der Waals surface area contributed by atoms with Crippen LogP contribution in [0.3, 0.4) is 0 Å². The zero-order valence-electron chi connectivity index (χ0n) is 12.3. The molecule has 20 heavy (non-hydrogen) atoms. The van der Waals surface area contributed by atoms with E-state index in [1.807, 2.05) is 31.1 Å². The van der Waals surface area contributed by atoms with Gasteiger partial charge in [0, 0.05) is 13.0 Å². The molecule has 0 spiro atoms. The van der Waals surface area contributed by atoms with E-state index in [1.165, 1.54) is 4.90 Å². The number of carbonyl (C=O) groups excluding carboxylic acids is 3. The minimum absolute atomic E-state index is 0.0491. The number of Topliss-reactive ketones (excluding diaryl/α,β-unsaturated/α-hetero) is 1.